The topological polar surface area (TPSA) is 55.8 Å². The summed E-state index contributed by atoms with van der Waals surface area (Å²) in [4.78, 5) is 9.32. The van der Waals surface area contributed by atoms with E-state index in [0.717, 1.165) is 25.7 Å². The van der Waals surface area contributed by atoms with E-state index in [4.69, 9.17) is 9.05 Å². The van der Waals surface area contributed by atoms with Crippen LogP contribution in [0.3, 0.4) is 0 Å². The Morgan fingerprint density at radius 2 is 1.22 bits per heavy atom. The summed E-state index contributed by atoms with van der Waals surface area (Å²) < 4.78 is 21.1. The third kappa shape index (κ3) is 12.6. The maximum absolute atomic E-state index is 11.4. The van der Waals surface area contributed by atoms with Crippen LogP contribution in [0.2, 0.25) is 0 Å². The number of hydrogen-bond acceptors (Lipinski definition) is 3. The van der Waals surface area contributed by atoms with E-state index in [-0.39, 0.29) is 0 Å². The summed E-state index contributed by atoms with van der Waals surface area (Å²) in [5.74, 6) is 0. The molecule has 0 spiro atoms. The number of rotatable bonds is 13. The van der Waals surface area contributed by atoms with Crippen molar-refractivity contribution in [1.82, 2.24) is 0 Å². The Morgan fingerprint density at radius 1 is 0.778 bits per heavy atom. The molecule has 0 aliphatic rings. The molecule has 5 heteroatoms. The van der Waals surface area contributed by atoms with Crippen LogP contribution in [0, 0.1) is 0 Å². The SMILES string of the molecule is CCCCCCCCCOP(=O)(O)OCCCC. The van der Waals surface area contributed by atoms with Gasteiger partial charge in [-0.2, -0.15) is 0 Å². The van der Waals surface area contributed by atoms with Crippen molar-refractivity contribution in [1.29, 1.82) is 0 Å². The summed E-state index contributed by atoms with van der Waals surface area (Å²) in [7, 11) is -3.79. The quantitative estimate of drug-likeness (QED) is 0.393. The lowest BCUT2D eigenvalue weighted by atomic mass is 10.1. The third-order valence-corrected chi connectivity index (χ3v) is 3.77. The van der Waals surface area contributed by atoms with Crippen molar-refractivity contribution in [3.8, 4) is 0 Å². The minimum absolute atomic E-state index is 0.293. The fraction of sp³-hybridized carbons (Fsp3) is 1.00. The highest BCUT2D eigenvalue weighted by Gasteiger charge is 2.19. The number of phosphoric acid groups is 1. The molecule has 0 aromatic heterocycles. The van der Waals surface area contributed by atoms with Gasteiger partial charge in [-0.25, -0.2) is 4.57 Å². The fourth-order valence-corrected chi connectivity index (χ4v) is 2.39. The molecule has 0 radical (unpaired) electrons. The molecule has 0 saturated carbocycles. The van der Waals surface area contributed by atoms with Crippen molar-refractivity contribution in [3.63, 3.8) is 0 Å². The van der Waals surface area contributed by atoms with Gasteiger partial charge in [0.05, 0.1) is 13.2 Å². The summed E-state index contributed by atoms with van der Waals surface area (Å²) in [5.41, 5.74) is 0. The first-order chi connectivity index (χ1) is 8.62. The van der Waals surface area contributed by atoms with E-state index in [1.807, 2.05) is 6.92 Å². The largest absolute Gasteiger partial charge is 0.472 e. The average Bonchev–Trinajstić information content (AvgIpc) is 2.33. The molecular formula is C13H29O4P. The highest BCUT2D eigenvalue weighted by atomic mass is 31.2. The second-order valence-corrected chi connectivity index (χ2v) is 6.06. The molecule has 0 bridgehead atoms. The number of hydrogen-bond donors (Lipinski definition) is 1. The van der Waals surface area contributed by atoms with E-state index in [0.29, 0.717) is 13.2 Å². The normalized spacial score (nSPS) is 14.6. The molecule has 0 aliphatic heterocycles. The number of unbranched alkanes of at least 4 members (excludes halogenated alkanes) is 7. The van der Waals surface area contributed by atoms with Crippen LogP contribution in [0.4, 0.5) is 0 Å². The Hall–Kier alpha value is 0.110. The smallest absolute Gasteiger partial charge is 0.302 e. The summed E-state index contributed by atoms with van der Waals surface area (Å²) in [5, 5.41) is 0. The Labute approximate surface area is 112 Å². The van der Waals surface area contributed by atoms with Crippen molar-refractivity contribution in [2.75, 3.05) is 13.2 Å². The van der Waals surface area contributed by atoms with Gasteiger partial charge in [-0.1, -0.05) is 58.8 Å². The van der Waals surface area contributed by atoms with Crippen molar-refractivity contribution in [2.45, 2.75) is 71.6 Å². The molecule has 4 nitrogen and oxygen atoms in total. The molecule has 0 rings (SSSR count). The average molecular weight is 280 g/mol. The minimum Gasteiger partial charge on any atom is -0.302 e. The molecule has 18 heavy (non-hydrogen) atoms. The molecule has 1 N–H and O–H groups in total. The summed E-state index contributed by atoms with van der Waals surface area (Å²) >= 11 is 0. The molecule has 0 aromatic carbocycles. The van der Waals surface area contributed by atoms with Crippen LogP contribution in [-0.2, 0) is 13.6 Å². The van der Waals surface area contributed by atoms with Crippen LogP contribution in [0.15, 0.2) is 0 Å². The van der Waals surface area contributed by atoms with Crippen molar-refractivity contribution < 1.29 is 18.5 Å². The van der Waals surface area contributed by atoms with Crippen LogP contribution in [0.25, 0.3) is 0 Å². The molecule has 0 heterocycles. The first kappa shape index (κ1) is 18.1. The van der Waals surface area contributed by atoms with Crippen LogP contribution in [0.1, 0.15) is 71.6 Å². The van der Waals surface area contributed by atoms with Crippen LogP contribution in [0.5, 0.6) is 0 Å². The monoisotopic (exact) mass is 280 g/mol. The molecule has 0 amide bonds. The van der Waals surface area contributed by atoms with Gasteiger partial charge in [0.2, 0.25) is 0 Å². The second-order valence-electron chi connectivity index (χ2n) is 4.61. The fourth-order valence-electron chi connectivity index (χ4n) is 1.60. The highest BCUT2D eigenvalue weighted by molar-refractivity contribution is 7.47. The van der Waals surface area contributed by atoms with E-state index >= 15 is 0 Å². The standard InChI is InChI=1S/C13H29O4P/c1-3-5-7-8-9-10-11-13-17-18(14,15)16-12-6-4-2/h3-13H2,1-2H3,(H,14,15). The van der Waals surface area contributed by atoms with Gasteiger partial charge in [-0.05, 0) is 12.8 Å². The Bertz CT molecular complexity index is 221. The lowest BCUT2D eigenvalue weighted by Gasteiger charge is -2.11. The van der Waals surface area contributed by atoms with Crippen LogP contribution in [-0.4, -0.2) is 18.1 Å². The molecule has 0 fully saturated rings. The van der Waals surface area contributed by atoms with Gasteiger partial charge in [0.1, 0.15) is 0 Å². The van der Waals surface area contributed by atoms with E-state index in [1.54, 1.807) is 0 Å². The lowest BCUT2D eigenvalue weighted by Crippen LogP contribution is -1.98. The lowest BCUT2D eigenvalue weighted by molar-refractivity contribution is 0.146. The van der Waals surface area contributed by atoms with Gasteiger partial charge < -0.3 is 4.89 Å². The zero-order valence-electron chi connectivity index (χ0n) is 11.9. The second kappa shape index (κ2) is 12.2. The van der Waals surface area contributed by atoms with Gasteiger partial charge in [0.15, 0.2) is 0 Å². The maximum Gasteiger partial charge on any atom is 0.472 e. The molecule has 0 saturated heterocycles. The van der Waals surface area contributed by atoms with Gasteiger partial charge in [0.25, 0.3) is 0 Å². The number of phosphoric ester groups is 1. The first-order valence-electron chi connectivity index (χ1n) is 7.24. The van der Waals surface area contributed by atoms with Crippen LogP contribution >= 0.6 is 7.82 Å². The zero-order chi connectivity index (χ0) is 13.7. The van der Waals surface area contributed by atoms with Crippen molar-refractivity contribution in [2.24, 2.45) is 0 Å². The van der Waals surface area contributed by atoms with E-state index in [2.05, 4.69) is 6.92 Å². The predicted molar refractivity (Wildman–Crippen MR) is 74.6 cm³/mol. The summed E-state index contributed by atoms with van der Waals surface area (Å²) in [6, 6.07) is 0. The molecular weight excluding hydrogens is 251 g/mol. The van der Waals surface area contributed by atoms with Crippen molar-refractivity contribution >= 4 is 7.82 Å². The Morgan fingerprint density at radius 3 is 1.78 bits per heavy atom. The summed E-state index contributed by atoms with van der Waals surface area (Å²) in [6.07, 6.45) is 9.87. The maximum atomic E-state index is 11.4. The van der Waals surface area contributed by atoms with Gasteiger partial charge in [-0.3, -0.25) is 9.05 Å². The van der Waals surface area contributed by atoms with E-state index in [1.165, 1.54) is 32.1 Å². The molecule has 1 atom stereocenters. The van der Waals surface area contributed by atoms with Crippen molar-refractivity contribution in [3.05, 3.63) is 0 Å². The summed E-state index contributed by atoms with van der Waals surface area (Å²) in [6.45, 7) is 4.81. The van der Waals surface area contributed by atoms with Gasteiger partial charge in [-0.15, -0.1) is 0 Å². The van der Waals surface area contributed by atoms with Gasteiger partial charge >= 0.3 is 7.82 Å². The van der Waals surface area contributed by atoms with E-state index < -0.39 is 7.82 Å². The molecule has 110 valence electrons. The Kier molecular flexibility index (Phi) is 12.2. The molecule has 1 unspecified atom stereocenters. The zero-order valence-corrected chi connectivity index (χ0v) is 12.8. The first-order valence-corrected chi connectivity index (χ1v) is 8.73. The van der Waals surface area contributed by atoms with E-state index in [9.17, 15) is 9.46 Å². The molecule has 0 aromatic rings. The predicted octanol–water partition coefficient (Wildman–Crippen LogP) is 4.67. The van der Waals surface area contributed by atoms with Gasteiger partial charge in [0, 0.05) is 0 Å². The minimum atomic E-state index is -3.79. The molecule has 0 aliphatic carbocycles. The van der Waals surface area contributed by atoms with Crippen LogP contribution < -0.4 is 0 Å². The Balaban J connectivity index is 3.33. The highest BCUT2D eigenvalue weighted by Crippen LogP contribution is 2.43. The third-order valence-electron chi connectivity index (χ3n) is 2.75.